The summed E-state index contributed by atoms with van der Waals surface area (Å²) in [6.07, 6.45) is 0. The molecular weight excluding hydrogens is 192 g/mol. The normalized spacial score (nSPS) is 12.4. The Balaban J connectivity index is 2.35. The second-order valence-electron chi connectivity index (χ2n) is 3.56. The molecule has 0 saturated carbocycles. The molecule has 0 bridgehead atoms. The molecule has 1 aromatic rings. The van der Waals surface area contributed by atoms with Gasteiger partial charge in [-0.15, -0.1) is 0 Å². The van der Waals surface area contributed by atoms with Crippen LogP contribution < -0.4 is 11.1 Å². The second-order valence-corrected chi connectivity index (χ2v) is 3.56. The first-order valence-electron chi connectivity index (χ1n) is 4.84. The monoisotopic (exact) mass is 208 g/mol. The molecule has 0 aromatic heterocycles. The molecule has 0 aliphatic carbocycles. The van der Waals surface area contributed by atoms with E-state index in [1.165, 1.54) is 5.56 Å². The van der Waals surface area contributed by atoms with Gasteiger partial charge in [0.15, 0.2) is 0 Å². The van der Waals surface area contributed by atoms with E-state index in [4.69, 9.17) is 10.8 Å². The second kappa shape index (κ2) is 5.48. The number of nitrogens with one attached hydrogen (secondary N) is 1. The molecule has 4 heteroatoms. The number of carboxylic acid groups (broad SMARTS) is 1. The predicted octanol–water partition coefficient (Wildman–Crippen LogP) is 0.497. The van der Waals surface area contributed by atoms with Crippen LogP contribution in [-0.4, -0.2) is 23.7 Å². The summed E-state index contributed by atoms with van der Waals surface area (Å²) in [7, 11) is 0. The largest absolute Gasteiger partial charge is 0.480 e. The number of hydrogen-bond donors (Lipinski definition) is 3. The number of aliphatic carboxylic acids is 1. The van der Waals surface area contributed by atoms with Crippen molar-refractivity contribution in [3.63, 3.8) is 0 Å². The van der Waals surface area contributed by atoms with E-state index in [0.29, 0.717) is 6.54 Å². The minimum absolute atomic E-state index is 0.281. The van der Waals surface area contributed by atoms with E-state index in [9.17, 15) is 4.79 Å². The van der Waals surface area contributed by atoms with Crippen LogP contribution in [-0.2, 0) is 11.3 Å². The summed E-state index contributed by atoms with van der Waals surface area (Å²) in [6, 6.07) is 7.21. The Morgan fingerprint density at radius 3 is 2.93 bits per heavy atom. The zero-order valence-corrected chi connectivity index (χ0v) is 8.73. The van der Waals surface area contributed by atoms with Crippen LogP contribution in [0.25, 0.3) is 0 Å². The van der Waals surface area contributed by atoms with Gasteiger partial charge in [0.1, 0.15) is 6.04 Å². The van der Waals surface area contributed by atoms with E-state index >= 15 is 0 Å². The molecule has 4 N–H and O–H groups in total. The lowest BCUT2D eigenvalue weighted by Crippen LogP contribution is -2.40. The average molecular weight is 208 g/mol. The fourth-order valence-electron chi connectivity index (χ4n) is 1.28. The van der Waals surface area contributed by atoms with Crippen LogP contribution >= 0.6 is 0 Å². The Kier molecular flexibility index (Phi) is 4.27. The van der Waals surface area contributed by atoms with Crippen molar-refractivity contribution in [1.29, 1.82) is 0 Å². The standard InChI is InChI=1S/C11H16N2O2/c1-8-3-2-4-9(5-8)6-13-7-10(12)11(14)15/h2-5,10,13H,6-7,12H2,1H3,(H,14,15). The van der Waals surface area contributed by atoms with Gasteiger partial charge < -0.3 is 16.2 Å². The van der Waals surface area contributed by atoms with Gasteiger partial charge in [0, 0.05) is 13.1 Å². The summed E-state index contributed by atoms with van der Waals surface area (Å²) in [5.41, 5.74) is 7.67. The molecule has 0 amide bonds. The van der Waals surface area contributed by atoms with Crippen LogP contribution in [0.2, 0.25) is 0 Å². The average Bonchev–Trinajstić information content (AvgIpc) is 2.17. The van der Waals surface area contributed by atoms with Gasteiger partial charge >= 0.3 is 5.97 Å². The highest BCUT2D eigenvalue weighted by molar-refractivity contribution is 5.73. The number of aryl methyl sites for hydroxylation is 1. The Labute approximate surface area is 89.1 Å². The first-order chi connectivity index (χ1) is 7.09. The first-order valence-corrected chi connectivity index (χ1v) is 4.84. The van der Waals surface area contributed by atoms with Crippen LogP contribution in [0.15, 0.2) is 24.3 Å². The fraction of sp³-hybridized carbons (Fsp3) is 0.364. The van der Waals surface area contributed by atoms with E-state index in [-0.39, 0.29) is 6.54 Å². The Morgan fingerprint density at radius 2 is 2.33 bits per heavy atom. The number of hydrogen-bond acceptors (Lipinski definition) is 3. The molecule has 0 aliphatic heterocycles. The summed E-state index contributed by atoms with van der Waals surface area (Å²) in [6.45, 7) is 2.94. The van der Waals surface area contributed by atoms with Crippen molar-refractivity contribution in [2.45, 2.75) is 19.5 Å². The van der Waals surface area contributed by atoms with Gasteiger partial charge in [-0.2, -0.15) is 0 Å². The van der Waals surface area contributed by atoms with Gasteiger partial charge in [0.2, 0.25) is 0 Å². The maximum absolute atomic E-state index is 10.4. The molecule has 1 unspecified atom stereocenters. The van der Waals surface area contributed by atoms with Crippen molar-refractivity contribution in [3.8, 4) is 0 Å². The third-order valence-corrected chi connectivity index (χ3v) is 2.09. The molecule has 4 nitrogen and oxygen atoms in total. The first kappa shape index (κ1) is 11.7. The fourth-order valence-corrected chi connectivity index (χ4v) is 1.28. The molecule has 1 rings (SSSR count). The maximum atomic E-state index is 10.4. The lowest BCUT2D eigenvalue weighted by atomic mass is 10.1. The minimum Gasteiger partial charge on any atom is -0.480 e. The van der Waals surface area contributed by atoms with Crippen molar-refractivity contribution >= 4 is 5.97 Å². The summed E-state index contributed by atoms with van der Waals surface area (Å²) >= 11 is 0. The highest BCUT2D eigenvalue weighted by Gasteiger charge is 2.09. The Morgan fingerprint density at radius 1 is 1.60 bits per heavy atom. The molecular formula is C11H16N2O2. The van der Waals surface area contributed by atoms with E-state index in [0.717, 1.165) is 5.56 Å². The molecule has 15 heavy (non-hydrogen) atoms. The molecule has 1 aromatic carbocycles. The quantitative estimate of drug-likeness (QED) is 0.658. The molecule has 0 heterocycles. The van der Waals surface area contributed by atoms with E-state index in [1.54, 1.807) is 0 Å². The number of benzene rings is 1. The van der Waals surface area contributed by atoms with Crippen LogP contribution in [0, 0.1) is 6.92 Å². The molecule has 1 atom stereocenters. The van der Waals surface area contributed by atoms with Crippen molar-refractivity contribution in [1.82, 2.24) is 5.32 Å². The summed E-state index contributed by atoms with van der Waals surface area (Å²) in [5, 5.41) is 11.6. The van der Waals surface area contributed by atoms with E-state index in [1.807, 2.05) is 25.1 Å². The zero-order chi connectivity index (χ0) is 11.3. The topological polar surface area (TPSA) is 75.3 Å². The number of carbonyl (C=O) groups is 1. The van der Waals surface area contributed by atoms with Gasteiger partial charge in [-0.3, -0.25) is 4.79 Å². The molecule has 82 valence electrons. The van der Waals surface area contributed by atoms with E-state index in [2.05, 4.69) is 11.4 Å². The lowest BCUT2D eigenvalue weighted by molar-refractivity contribution is -0.138. The SMILES string of the molecule is Cc1cccc(CNCC(N)C(=O)O)c1. The van der Waals surface area contributed by atoms with Gasteiger partial charge in [-0.05, 0) is 12.5 Å². The molecule has 0 radical (unpaired) electrons. The van der Waals surface area contributed by atoms with Gasteiger partial charge in [0.25, 0.3) is 0 Å². The minimum atomic E-state index is -0.980. The van der Waals surface area contributed by atoms with E-state index < -0.39 is 12.0 Å². The lowest BCUT2D eigenvalue weighted by Gasteiger charge is -2.08. The molecule has 0 spiro atoms. The Hall–Kier alpha value is -1.39. The highest BCUT2D eigenvalue weighted by atomic mass is 16.4. The zero-order valence-electron chi connectivity index (χ0n) is 8.73. The Bertz CT molecular complexity index is 339. The molecule has 0 fully saturated rings. The van der Waals surface area contributed by atoms with Crippen molar-refractivity contribution in [2.75, 3.05) is 6.54 Å². The maximum Gasteiger partial charge on any atom is 0.321 e. The van der Waals surface area contributed by atoms with Gasteiger partial charge in [0.05, 0.1) is 0 Å². The van der Waals surface area contributed by atoms with Crippen LogP contribution in [0.5, 0.6) is 0 Å². The van der Waals surface area contributed by atoms with Crippen LogP contribution in [0.3, 0.4) is 0 Å². The molecule has 0 saturated heterocycles. The summed E-state index contributed by atoms with van der Waals surface area (Å²) in [5.74, 6) is -0.980. The molecule has 0 aliphatic rings. The van der Waals surface area contributed by atoms with Crippen molar-refractivity contribution < 1.29 is 9.90 Å². The van der Waals surface area contributed by atoms with Gasteiger partial charge in [-0.1, -0.05) is 29.8 Å². The predicted molar refractivity (Wildman–Crippen MR) is 58.5 cm³/mol. The number of carboxylic acids is 1. The van der Waals surface area contributed by atoms with Crippen molar-refractivity contribution in [2.24, 2.45) is 5.73 Å². The van der Waals surface area contributed by atoms with Crippen molar-refractivity contribution in [3.05, 3.63) is 35.4 Å². The van der Waals surface area contributed by atoms with Crippen LogP contribution in [0.4, 0.5) is 0 Å². The highest BCUT2D eigenvalue weighted by Crippen LogP contribution is 2.02. The smallest absolute Gasteiger partial charge is 0.321 e. The summed E-state index contributed by atoms with van der Waals surface area (Å²) < 4.78 is 0. The number of nitrogens with two attached hydrogens (primary N) is 1. The van der Waals surface area contributed by atoms with Crippen LogP contribution in [0.1, 0.15) is 11.1 Å². The van der Waals surface area contributed by atoms with Gasteiger partial charge in [-0.25, -0.2) is 0 Å². The summed E-state index contributed by atoms with van der Waals surface area (Å²) in [4.78, 5) is 10.4. The third-order valence-electron chi connectivity index (χ3n) is 2.09. The third kappa shape index (κ3) is 4.10. The number of rotatable bonds is 5.